The van der Waals surface area contributed by atoms with Gasteiger partial charge in [-0.25, -0.2) is 4.98 Å². The van der Waals surface area contributed by atoms with E-state index in [1.807, 2.05) is 10.6 Å². The van der Waals surface area contributed by atoms with E-state index < -0.39 is 0 Å². The fraction of sp³-hybridized carbons (Fsp3) is 0.500. The summed E-state index contributed by atoms with van der Waals surface area (Å²) in [7, 11) is 0. The standard InChI is InChI=1S/C28H36N2O2S/c1-4-7-12-20-16-22-24-27(33-25(22)23(31)17-20)29-26(21(6-3)15-8-5-2)30(28(24)32)18-19-13-10-9-11-14-19/h9-10,13,16-17,21,31H,4-8,11-12,14-15,18H2,1-3H3. The number of aromatic hydroxyl groups is 1. The lowest BCUT2D eigenvalue weighted by molar-refractivity contribution is 0.481. The summed E-state index contributed by atoms with van der Waals surface area (Å²) in [6.45, 7) is 7.17. The topological polar surface area (TPSA) is 55.1 Å². The van der Waals surface area contributed by atoms with E-state index in [2.05, 4.69) is 45.1 Å². The minimum atomic E-state index is 0.0405. The molecular formula is C28H36N2O2S. The molecule has 33 heavy (non-hydrogen) atoms. The number of phenolic OH excluding ortho intramolecular Hbond substituents is 1. The molecule has 1 aliphatic carbocycles. The summed E-state index contributed by atoms with van der Waals surface area (Å²) in [5.41, 5.74) is 2.41. The molecule has 0 fully saturated rings. The van der Waals surface area contributed by atoms with Crippen molar-refractivity contribution in [2.24, 2.45) is 0 Å². The van der Waals surface area contributed by atoms with Crippen LogP contribution in [0.15, 0.2) is 40.7 Å². The van der Waals surface area contributed by atoms with Crippen LogP contribution in [0.3, 0.4) is 0 Å². The summed E-state index contributed by atoms with van der Waals surface area (Å²) in [5.74, 6) is 1.45. The van der Waals surface area contributed by atoms with Crippen LogP contribution in [0.25, 0.3) is 20.3 Å². The molecule has 0 saturated carbocycles. The van der Waals surface area contributed by atoms with Crippen molar-refractivity contribution >= 4 is 31.6 Å². The van der Waals surface area contributed by atoms with Crippen molar-refractivity contribution in [1.82, 2.24) is 9.55 Å². The first-order valence-electron chi connectivity index (χ1n) is 12.6. The maximum atomic E-state index is 14.0. The Bertz CT molecular complexity index is 1250. The lowest BCUT2D eigenvalue weighted by Crippen LogP contribution is -2.27. The van der Waals surface area contributed by atoms with E-state index in [0.717, 1.165) is 84.1 Å². The molecule has 0 saturated heterocycles. The van der Waals surface area contributed by atoms with Gasteiger partial charge < -0.3 is 5.11 Å². The van der Waals surface area contributed by atoms with Gasteiger partial charge in [-0.2, -0.15) is 0 Å². The van der Waals surface area contributed by atoms with Gasteiger partial charge in [-0.05, 0) is 56.2 Å². The quantitative estimate of drug-likeness (QED) is 0.336. The fourth-order valence-electron chi connectivity index (χ4n) is 4.86. The fourth-order valence-corrected chi connectivity index (χ4v) is 5.93. The predicted molar refractivity (Wildman–Crippen MR) is 141 cm³/mol. The lowest BCUT2D eigenvalue weighted by atomic mass is 9.97. The number of thiophene rings is 1. The van der Waals surface area contributed by atoms with E-state index in [0.29, 0.717) is 11.9 Å². The van der Waals surface area contributed by atoms with E-state index >= 15 is 0 Å². The molecule has 1 N–H and O–H groups in total. The number of hydrogen-bond acceptors (Lipinski definition) is 4. The summed E-state index contributed by atoms with van der Waals surface area (Å²) in [4.78, 5) is 19.9. The van der Waals surface area contributed by atoms with Crippen molar-refractivity contribution in [2.75, 3.05) is 0 Å². The van der Waals surface area contributed by atoms with Crippen LogP contribution in [-0.4, -0.2) is 14.7 Å². The maximum Gasteiger partial charge on any atom is 0.263 e. The van der Waals surface area contributed by atoms with Crippen molar-refractivity contribution in [3.05, 3.63) is 57.7 Å². The third kappa shape index (κ3) is 4.93. The highest BCUT2D eigenvalue weighted by Gasteiger charge is 2.23. The SMILES string of the molecule is CCCCc1cc(O)c2sc3nc(C(CC)CCCC)n(CC4=CC=CCC4)c(=O)c3c2c1. The van der Waals surface area contributed by atoms with E-state index in [-0.39, 0.29) is 17.2 Å². The van der Waals surface area contributed by atoms with Gasteiger partial charge in [-0.15, -0.1) is 11.3 Å². The zero-order valence-electron chi connectivity index (χ0n) is 20.2. The molecule has 5 heteroatoms. The molecule has 4 rings (SSSR count). The molecule has 0 spiro atoms. The lowest BCUT2D eigenvalue weighted by Gasteiger charge is -2.21. The van der Waals surface area contributed by atoms with Gasteiger partial charge in [-0.3, -0.25) is 9.36 Å². The second kappa shape index (κ2) is 10.7. The van der Waals surface area contributed by atoms with E-state index in [4.69, 9.17) is 4.98 Å². The average molecular weight is 465 g/mol. The monoisotopic (exact) mass is 464 g/mol. The molecule has 1 unspecified atom stereocenters. The summed E-state index contributed by atoms with van der Waals surface area (Å²) < 4.78 is 2.72. The first kappa shape index (κ1) is 23.7. The summed E-state index contributed by atoms with van der Waals surface area (Å²) >= 11 is 1.46. The number of nitrogens with zero attached hydrogens (tertiary/aromatic N) is 2. The third-order valence-corrected chi connectivity index (χ3v) is 7.93. The zero-order chi connectivity index (χ0) is 23.4. The van der Waals surface area contributed by atoms with Gasteiger partial charge in [0.2, 0.25) is 0 Å². The number of fused-ring (bicyclic) bond motifs is 3. The number of aromatic nitrogens is 2. The molecule has 1 aromatic carbocycles. The molecule has 1 atom stereocenters. The smallest absolute Gasteiger partial charge is 0.263 e. The van der Waals surface area contributed by atoms with Crippen LogP contribution >= 0.6 is 11.3 Å². The second-order valence-corrected chi connectivity index (χ2v) is 10.3. The highest BCUT2D eigenvalue weighted by atomic mass is 32.1. The third-order valence-electron chi connectivity index (χ3n) is 6.81. The van der Waals surface area contributed by atoms with Crippen LogP contribution in [0.1, 0.15) is 89.4 Å². The highest BCUT2D eigenvalue weighted by molar-refractivity contribution is 7.25. The molecular weight excluding hydrogens is 428 g/mol. The Kier molecular flexibility index (Phi) is 7.69. The van der Waals surface area contributed by atoms with Crippen LogP contribution in [0, 0.1) is 0 Å². The van der Waals surface area contributed by atoms with Gasteiger partial charge in [0, 0.05) is 17.8 Å². The van der Waals surface area contributed by atoms with Gasteiger partial charge in [0.15, 0.2) is 0 Å². The minimum Gasteiger partial charge on any atom is -0.506 e. The number of rotatable bonds is 10. The number of aryl methyl sites for hydroxylation is 1. The summed E-state index contributed by atoms with van der Waals surface area (Å²) in [6.07, 6.45) is 15.8. The van der Waals surface area contributed by atoms with Crippen LogP contribution in [0.2, 0.25) is 0 Å². The number of hydrogen-bond donors (Lipinski definition) is 1. The molecule has 1 aliphatic rings. The van der Waals surface area contributed by atoms with E-state index in [1.54, 1.807) is 0 Å². The average Bonchev–Trinajstić information content (AvgIpc) is 3.20. The van der Waals surface area contributed by atoms with Crippen molar-refractivity contribution in [2.45, 2.75) is 91.0 Å². The van der Waals surface area contributed by atoms with Crippen LogP contribution in [0.5, 0.6) is 5.75 Å². The molecule has 0 amide bonds. The number of benzene rings is 1. The minimum absolute atomic E-state index is 0.0405. The van der Waals surface area contributed by atoms with E-state index in [9.17, 15) is 9.90 Å². The van der Waals surface area contributed by atoms with E-state index in [1.165, 1.54) is 16.9 Å². The van der Waals surface area contributed by atoms with Crippen LogP contribution < -0.4 is 5.56 Å². The number of phenols is 1. The van der Waals surface area contributed by atoms with Crippen LogP contribution in [-0.2, 0) is 13.0 Å². The Morgan fingerprint density at radius 1 is 1.18 bits per heavy atom. The summed E-state index contributed by atoms with van der Waals surface area (Å²) in [6, 6.07) is 3.97. The van der Waals surface area contributed by atoms with Crippen molar-refractivity contribution in [1.29, 1.82) is 0 Å². The van der Waals surface area contributed by atoms with Gasteiger partial charge in [-0.1, -0.05) is 63.8 Å². The van der Waals surface area contributed by atoms with Crippen molar-refractivity contribution < 1.29 is 5.11 Å². The molecule has 2 aromatic heterocycles. The largest absolute Gasteiger partial charge is 0.506 e. The Morgan fingerprint density at radius 3 is 2.70 bits per heavy atom. The molecule has 176 valence electrons. The normalized spacial score (nSPS) is 14.8. The summed E-state index contributed by atoms with van der Waals surface area (Å²) in [5, 5.41) is 12.3. The van der Waals surface area contributed by atoms with Crippen molar-refractivity contribution in [3.63, 3.8) is 0 Å². The maximum absolute atomic E-state index is 14.0. The second-order valence-electron chi connectivity index (χ2n) is 9.28. The molecule has 3 aromatic rings. The molecule has 2 heterocycles. The first-order valence-corrected chi connectivity index (χ1v) is 13.4. The molecule has 0 aliphatic heterocycles. The Labute approximate surface area is 200 Å². The molecule has 0 bridgehead atoms. The predicted octanol–water partition coefficient (Wildman–Crippen LogP) is 7.62. The zero-order valence-corrected chi connectivity index (χ0v) is 21.0. The number of unbranched alkanes of at least 4 members (excludes halogenated alkanes) is 2. The van der Waals surface area contributed by atoms with Gasteiger partial charge >= 0.3 is 0 Å². The first-order chi connectivity index (χ1) is 16.1. The Morgan fingerprint density at radius 2 is 2.00 bits per heavy atom. The van der Waals surface area contributed by atoms with Crippen molar-refractivity contribution in [3.8, 4) is 5.75 Å². The van der Waals surface area contributed by atoms with Gasteiger partial charge in [0.25, 0.3) is 5.56 Å². The van der Waals surface area contributed by atoms with Gasteiger partial charge in [0.1, 0.15) is 16.4 Å². The highest BCUT2D eigenvalue weighted by Crippen LogP contribution is 2.39. The van der Waals surface area contributed by atoms with Gasteiger partial charge in [0.05, 0.1) is 10.1 Å². The number of allylic oxidation sites excluding steroid dienone is 4. The van der Waals surface area contributed by atoms with Crippen LogP contribution in [0.4, 0.5) is 0 Å². The molecule has 4 nitrogen and oxygen atoms in total. The Hall–Kier alpha value is -2.40. The Balaban J connectivity index is 1.93. The molecule has 0 radical (unpaired) electrons.